The molecule has 1 rings (SSSR count). The smallest absolute Gasteiger partial charge is 0.0931 e. The van der Waals surface area contributed by atoms with Gasteiger partial charge in [-0.05, 0) is 47.3 Å². The number of likely N-dealkylation sites (N-methyl/N-ethyl adjacent to an activating group) is 1. The number of hydrogen-bond acceptors (Lipinski definition) is 3. The lowest BCUT2D eigenvalue weighted by molar-refractivity contribution is -0.0829. The zero-order valence-corrected chi connectivity index (χ0v) is 10.9. The molecule has 0 saturated carbocycles. The highest BCUT2D eigenvalue weighted by molar-refractivity contribution is 4.91. The maximum atomic E-state index is 5.79. The van der Waals surface area contributed by atoms with Crippen LogP contribution in [0.1, 0.15) is 26.7 Å². The van der Waals surface area contributed by atoms with Gasteiger partial charge in [-0.15, -0.1) is 0 Å². The van der Waals surface area contributed by atoms with Gasteiger partial charge in [0, 0.05) is 26.2 Å². The summed E-state index contributed by atoms with van der Waals surface area (Å²) in [6.07, 6.45) is 2.44. The van der Waals surface area contributed by atoms with E-state index in [4.69, 9.17) is 4.74 Å². The molecule has 3 nitrogen and oxygen atoms in total. The van der Waals surface area contributed by atoms with Crippen molar-refractivity contribution in [1.82, 2.24) is 9.80 Å². The van der Waals surface area contributed by atoms with E-state index in [9.17, 15) is 0 Å². The van der Waals surface area contributed by atoms with Crippen molar-refractivity contribution in [3.63, 3.8) is 0 Å². The summed E-state index contributed by atoms with van der Waals surface area (Å²) in [6.45, 7) is 7.84. The molecule has 1 atom stereocenters. The van der Waals surface area contributed by atoms with Gasteiger partial charge >= 0.3 is 0 Å². The molecule has 0 amide bonds. The normalized spacial score (nSPS) is 29.0. The first-order chi connectivity index (χ1) is 6.99. The number of rotatable bonds is 4. The molecule has 3 heteroatoms. The van der Waals surface area contributed by atoms with Crippen molar-refractivity contribution in [1.29, 1.82) is 0 Å². The van der Waals surface area contributed by atoms with Gasteiger partial charge in [0.2, 0.25) is 0 Å². The van der Waals surface area contributed by atoms with Crippen LogP contribution in [0.4, 0.5) is 0 Å². The molecule has 0 unspecified atom stereocenters. The van der Waals surface area contributed by atoms with Crippen LogP contribution in [0, 0.1) is 0 Å². The molecule has 90 valence electrons. The Kier molecular flexibility index (Phi) is 4.56. The highest BCUT2D eigenvalue weighted by Gasteiger charge is 2.36. The van der Waals surface area contributed by atoms with E-state index in [1.165, 1.54) is 19.4 Å². The number of hydrogen-bond donors (Lipinski definition) is 0. The molecule has 15 heavy (non-hydrogen) atoms. The van der Waals surface area contributed by atoms with E-state index in [1.807, 2.05) is 7.11 Å². The lowest BCUT2D eigenvalue weighted by Crippen LogP contribution is -2.55. The molecule has 0 aliphatic carbocycles. The van der Waals surface area contributed by atoms with Crippen LogP contribution >= 0.6 is 0 Å². The molecule has 0 spiro atoms. The Bertz CT molecular complexity index is 194. The van der Waals surface area contributed by atoms with Gasteiger partial charge < -0.3 is 9.64 Å². The van der Waals surface area contributed by atoms with Gasteiger partial charge in [0.1, 0.15) is 0 Å². The third-order valence-electron chi connectivity index (χ3n) is 3.34. The largest absolute Gasteiger partial charge is 0.376 e. The van der Waals surface area contributed by atoms with Crippen LogP contribution < -0.4 is 0 Å². The fraction of sp³-hybridized carbons (Fsp3) is 1.00. The first-order valence-electron chi connectivity index (χ1n) is 5.93. The van der Waals surface area contributed by atoms with Crippen molar-refractivity contribution >= 4 is 0 Å². The van der Waals surface area contributed by atoms with Gasteiger partial charge in [-0.25, -0.2) is 0 Å². The van der Waals surface area contributed by atoms with E-state index < -0.39 is 0 Å². The molecule has 0 radical (unpaired) electrons. The predicted octanol–water partition coefficient (Wildman–Crippen LogP) is 1.44. The second-order valence-electron chi connectivity index (χ2n) is 5.29. The zero-order valence-electron chi connectivity index (χ0n) is 10.9. The van der Waals surface area contributed by atoms with E-state index in [-0.39, 0.29) is 5.60 Å². The van der Waals surface area contributed by atoms with Gasteiger partial charge in [-0.1, -0.05) is 0 Å². The summed E-state index contributed by atoms with van der Waals surface area (Å²) < 4.78 is 5.79. The van der Waals surface area contributed by atoms with E-state index >= 15 is 0 Å². The maximum Gasteiger partial charge on any atom is 0.0931 e. The fourth-order valence-corrected chi connectivity index (χ4v) is 2.51. The summed E-state index contributed by atoms with van der Waals surface area (Å²) in [6, 6.07) is 0.627. The Labute approximate surface area is 94.4 Å². The minimum Gasteiger partial charge on any atom is -0.376 e. The van der Waals surface area contributed by atoms with Crippen molar-refractivity contribution < 1.29 is 4.74 Å². The first-order valence-corrected chi connectivity index (χ1v) is 5.93. The Morgan fingerprint density at radius 2 is 2.07 bits per heavy atom. The van der Waals surface area contributed by atoms with Crippen LogP contribution in [0.15, 0.2) is 0 Å². The van der Waals surface area contributed by atoms with Crippen LogP contribution in [-0.2, 0) is 4.74 Å². The van der Waals surface area contributed by atoms with Crippen LogP contribution in [0.3, 0.4) is 0 Å². The molecule has 0 aromatic heterocycles. The van der Waals surface area contributed by atoms with Crippen molar-refractivity contribution in [3.05, 3.63) is 0 Å². The topological polar surface area (TPSA) is 15.7 Å². The SMILES string of the molecule is CO[C@]1(CN(C)C)CCCN(C(C)C)C1. The maximum absolute atomic E-state index is 5.79. The van der Waals surface area contributed by atoms with Gasteiger partial charge in [0.25, 0.3) is 0 Å². The standard InChI is InChI=1S/C12H26N2O/c1-11(2)14-8-6-7-12(10-14,15-5)9-13(3)4/h11H,6-10H2,1-5H3/t12-/m0/s1. The van der Waals surface area contributed by atoms with E-state index in [1.54, 1.807) is 0 Å². The van der Waals surface area contributed by atoms with Crippen molar-refractivity contribution in [2.24, 2.45) is 0 Å². The molecular weight excluding hydrogens is 188 g/mol. The Morgan fingerprint density at radius 3 is 2.53 bits per heavy atom. The fourth-order valence-electron chi connectivity index (χ4n) is 2.51. The van der Waals surface area contributed by atoms with E-state index in [0.29, 0.717) is 6.04 Å². The summed E-state index contributed by atoms with van der Waals surface area (Å²) in [4.78, 5) is 4.75. The van der Waals surface area contributed by atoms with Gasteiger partial charge in [-0.3, -0.25) is 4.90 Å². The molecule has 0 bridgehead atoms. The molecule has 0 aromatic rings. The van der Waals surface area contributed by atoms with Crippen LogP contribution in [0.25, 0.3) is 0 Å². The minimum absolute atomic E-state index is 0.0476. The average Bonchev–Trinajstić information content (AvgIpc) is 2.17. The average molecular weight is 214 g/mol. The number of ether oxygens (including phenoxy) is 1. The van der Waals surface area contributed by atoms with Gasteiger partial charge in [0.05, 0.1) is 5.60 Å². The number of nitrogens with zero attached hydrogens (tertiary/aromatic N) is 2. The number of piperidine rings is 1. The van der Waals surface area contributed by atoms with Crippen LogP contribution in [-0.4, -0.2) is 62.3 Å². The molecule has 1 heterocycles. The van der Waals surface area contributed by atoms with Crippen LogP contribution in [0.5, 0.6) is 0 Å². The zero-order chi connectivity index (χ0) is 11.5. The molecule has 1 fully saturated rings. The molecule has 1 saturated heterocycles. The summed E-state index contributed by atoms with van der Waals surface area (Å²) in [5.41, 5.74) is 0.0476. The Hall–Kier alpha value is -0.120. The third-order valence-corrected chi connectivity index (χ3v) is 3.34. The second kappa shape index (κ2) is 5.28. The van der Waals surface area contributed by atoms with Gasteiger partial charge in [0.15, 0.2) is 0 Å². The summed E-state index contributed by atoms with van der Waals surface area (Å²) >= 11 is 0. The predicted molar refractivity (Wildman–Crippen MR) is 64.2 cm³/mol. The summed E-state index contributed by atoms with van der Waals surface area (Å²) in [7, 11) is 6.09. The van der Waals surface area contributed by atoms with E-state index in [0.717, 1.165) is 13.1 Å². The van der Waals surface area contributed by atoms with Gasteiger partial charge in [-0.2, -0.15) is 0 Å². The quantitative estimate of drug-likeness (QED) is 0.704. The lowest BCUT2D eigenvalue weighted by Gasteiger charge is -2.44. The Balaban J connectivity index is 2.63. The Morgan fingerprint density at radius 1 is 1.40 bits per heavy atom. The minimum atomic E-state index is 0.0476. The first kappa shape index (κ1) is 12.9. The lowest BCUT2D eigenvalue weighted by atomic mass is 9.91. The molecule has 1 aliphatic heterocycles. The summed E-state index contributed by atoms with van der Waals surface area (Å²) in [5.74, 6) is 0. The number of likely N-dealkylation sites (tertiary alicyclic amines) is 1. The molecule has 1 aliphatic rings. The van der Waals surface area contributed by atoms with Crippen molar-refractivity contribution in [2.75, 3.05) is 40.8 Å². The van der Waals surface area contributed by atoms with Crippen LogP contribution in [0.2, 0.25) is 0 Å². The molecule has 0 aromatic carbocycles. The van der Waals surface area contributed by atoms with Crippen molar-refractivity contribution in [3.8, 4) is 0 Å². The van der Waals surface area contributed by atoms with Crippen molar-refractivity contribution in [2.45, 2.75) is 38.3 Å². The monoisotopic (exact) mass is 214 g/mol. The van der Waals surface area contributed by atoms with E-state index in [2.05, 4.69) is 37.7 Å². The summed E-state index contributed by atoms with van der Waals surface area (Å²) in [5, 5.41) is 0. The second-order valence-corrected chi connectivity index (χ2v) is 5.29. The third kappa shape index (κ3) is 3.44. The molecular formula is C12H26N2O. The highest BCUT2D eigenvalue weighted by atomic mass is 16.5. The highest BCUT2D eigenvalue weighted by Crippen LogP contribution is 2.26. The number of methoxy groups -OCH3 is 1. The molecule has 0 N–H and O–H groups in total.